The van der Waals surface area contributed by atoms with E-state index >= 15 is 0 Å². The quantitative estimate of drug-likeness (QED) is 0.881. The van der Waals surface area contributed by atoms with E-state index in [0.29, 0.717) is 37.9 Å². The highest BCUT2D eigenvalue weighted by Gasteiger charge is 2.27. The number of amides is 1. The molecule has 0 radical (unpaired) electrons. The summed E-state index contributed by atoms with van der Waals surface area (Å²) in [5.41, 5.74) is 2.37. The van der Waals surface area contributed by atoms with E-state index < -0.39 is 5.97 Å². The molecule has 7 nitrogen and oxygen atoms in total. The van der Waals surface area contributed by atoms with Gasteiger partial charge in [-0.25, -0.2) is 4.98 Å². The van der Waals surface area contributed by atoms with E-state index in [9.17, 15) is 9.59 Å². The Morgan fingerprint density at radius 1 is 1.23 bits per heavy atom. The summed E-state index contributed by atoms with van der Waals surface area (Å²) in [5, 5.41) is 12.1. The molecule has 1 aliphatic carbocycles. The highest BCUT2D eigenvalue weighted by molar-refractivity contribution is 5.96. The van der Waals surface area contributed by atoms with Crippen molar-refractivity contribution in [2.45, 2.75) is 38.3 Å². The van der Waals surface area contributed by atoms with Gasteiger partial charge < -0.3 is 19.7 Å². The second-order valence-electron chi connectivity index (χ2n) is 6.89. The van der Waals surface area contributed by atoms with Gasteiger partial charge in [0.25, 0.3) is 5.91 Å². The number of hydrogen-bond acceptors (Lipinski definition) is 4. The molecule has 2 aromatic rings. The first-order valence-electron chi connectivity index (χ1n) is 8.93. The van der Waals surface area contributed by atoms with Crippen LogP contribution in [0.4, 0.5) is 0 Å². The molecule has 2 N–H and O–H groups in total. The second kappa shape index (κ2) is 6.82. The zero-order chi connectivity index (χ0) is 18.1. The molecule has 0 bridgehead atoms. The van der Waals surface area contributed by atoms with Gasteiger partial charge in [-0.05, 0) is 43.9 Å². The Morgan fingerprint density at radius 2 is 2.04 bits per heavy atom. The fraction of sp³-hybridized carbons (Fsp3) is 0.421. The van der Waals surface area contributed by atoms with Crippen molar-refractivity contribution < 1.29 is 19.4 Å². The lowest BCUT2D eigenvalue weighted by atomic mass is 9.86. The summed E-state index contributed by atoms with van der Waals surface area (Å²) < 4.78 is 7.79. The molecule has 1 aromatic heterocycles. The van der Waals surface area contributed by atoms with Crippen LogP contribution in [0.25, 0.3) is 11.3 Å². The minimum Gasteiger partial charge on any atom is -0.491 e. The van der Waals surface area contributed by atoms with Crippen molar-refractivity contribution in [1.29, 1.82) is 0 Å². The number of nitrogens with zero attached hydrogens (tertiary/aromatic N) is 2. The molecule has 1 amide bonds. The molecule has 2 aliphatic rings. The maximum absolute atomic E-state index is 12.7. The molecule has 1 saturated carbocycles. The summed E-state index contributed by atoms with van der Waals surface area (Å²) in [6, 6.07) is 5.46. The third-order valence-corrected chi connectivity index (χ3v) is 5.23. The molecule has 0 saturated heterocycles. The molecule has 136 valence electrons. The third kappa shape index (κ3) is 3.16. The number of aromatic nitrogens is 2. The molecular formula is C19H21N3O4. The molecule has 4 rings (SSSR count). The van der Waals surface area contributed by atoms with E-state index in [1.807, 2.05) is 16.7 Å². The lowest BCUT2D eigenvalue weighted by Gasteiger charge is -2.26. The topological polar surface area (TPSA) is 93.5 Å². The van der Waals surface area contributed by atoms with Crippen LogP contribution in [0.5, 0.6) is 5.75 Å². The molecule has 1 aliphatic heterocycles. The number of carboxylic acids is 1. The van der Waals surface area contributed by atoms with Crippen molar-refractivity contribution in [2.24, 2.45) is 5.92 Å². The lowest BCUT2D eigenvalue weighted by molar-refractivity contribution is -0.142. The van der Waals surface area contributed by atoms with Crippen LogP contribution in [-0.4, -0.2) is 39.2 Å². The smallest absolute Gasteiger partial charge is 0.306 e. The van der Waals surface area contributed by atoms with Crippen molar-refractivity contribution in [3.05, 3.63) is 36.3 Å². The molecule has 1 fully saturated rings. The predicted octanol–water partition coefficient (Wildman–Crippen LogP) is 2.32. The van der Waals surface area contributed by atoms with Gasteiger partial charge in [-0.3, -0.25) is 9.59 Å². The Bertz CT molecular complexity index is 837. The lowest BCUT2D eigenvalue weighted by Crippen LogP contribution is -2.38. The van der Waals surface area contributed by atoms with Crippen LogP contribution in [0.3, 0.4) is 0 Å². The average molecular weight is 355 g/mol. The standard InChI is InChI=1S/C19H21N3O4/c23-18(21-14-4-1-12(2-5-14)19(24)25)13-3-6-17-15(9-13)16-10-20-11-22(16)7-8-26-17/h3,6,9-12,14H,1-2,4-5,7-8H2,(H,21,23)(H,24,25). The van der Waals surface area contributed by atoms with Gasteiger partial charge in [0.15, 0.2) is 0 Å². The van der Waals surface area contributed by atoms with Crippen LogP contribution in [0.15, 0.2) is 30.7 Å². The van der Waals surface area contributed by atoms with E-state index in [0.717, 1.165) is 23.6 Å². The first-order chi connectivity index (χ1) is 12.6. The fourth-order valence-corrected chi connectivity index (χ4v) is 3.73. The summed E-state index contributed by atoms with van der Waals surface area (Å²) in [6.07, 6.45) is 6.16. The number of benzene rings is 1. The Labute approximate surface area is 151 Å². The maximum Gasteiger partial charge on any atom is 0.306 e. The van der Waals surface area contributed by atoms with E-state index in [1.165, 1.54) is 0 Å². The van der Waals surface area contributed by atoms with Crippen LogP contribution in [-0.2, 0) is 11.3 Å². The normalized spacial score (nSPS) is 21.7. The van der Waals surface area contributed by atoms with Crippen LogP contribution in [0, 0.1) is 5.92 Å². The maximum atomic E-state index is 12.7. The van der Waals surface area contributed by atoms with Gasteiger partial charge in [-0.2, -0.15) is 0 Å². The highest BCUT2D eigenvalue weighted by atomic mass is 16.5. The first kappa shape index (κ1) is 16.6. The highest BCUT2D eigenvalue weighted by Crippen LogP contribution is 2.33. The monoisotopic (exact) mass is 355 g/mol. The Hall–Kier alpha value is -2.83. The molecule has 2 heterocycles. The Morgan fingerprint density at radius 3 is 2.81 bits per heavy atom. The molecule has 26 heavy (non-hydrogen) atoms. The molecule has 0 unspecified atom stereocenters. The number of fused-ring (bicyclic) bond motifs is 3. The van der Waals surface area contributed by atoms with Crippen molar-refractivity contribution in [2.75, 3.05) is 6.61 Å². The number of rotatable bonds is 3. The van der Waals surface area contributed by atoms with Gasteiger partial charge in [0.2, 0.25) is 0 Å². The minimum absolute atomic E-state index is 0.0266. The summed E-state index contributed by atoms with van der Waals surface area (Å²) in [7, 11) is 0. The van der Waals surface area contributed by atoms with Gasteiger partial charge in [0.05, 0.1) is 30.7 Å². The Kier molecular flexibility index (Phi) is 4.36. The third-order valence-electron chi connectivity index (χ3n) is 5.23. The SMILES string of the molecule is O=C(NC1CCC(C(=O)O)CC1)c1ccc2c(c1)-c1cncn1CCO2. The van der Waals surface area contributed by atoms with Crippen molar-refractivity contribution in [3.8, 4) is 17.0 Å². The summed E-state index contributed by atoms with van der Waals surface area (Å²) in [6.45, 7) is 1.28. The van der Waals surface area contributed by atoms with Crippen LogP contribution in [0.2, 0.25) is 0 Å². The van der Waals surface area contributed by atoms with Gasteiger partial charge in [-0.1, -0.05) is 0 Å². The molecule has 0 atom stereocenters. The molecular weight excluding hydrogens is 334 g/mol. The number of ether oxygens (including phenoxy) is 1. The van der Waals surface area contributed by atoms with Crippen molar-refractivity contribution >= 4 is 11.9 Å². The van der Waals surface area contributed by atoms with Gasteiger partial charge in [0, 0.05) is 17.2 Å². The number of imidazole rings is 1. The number of carbonyl (C=O) groups is 2. The average Bonchev–Trinajstić information content (AvgIpc) is 3.04. The van der Waals surface area contributed by atoms with Crippen molar-refractivity contribution in [1.82, 2.24) is 14.9 Å². The van der Waals surface area contributed by atoms with Gasteiger partial charge >= 0.3 is 5.97 Å². The van der Waals surface area contributed by atoms with E-state index in [2.05, 4.69) is 10.3 Å². The molecule has 1 aromatic carbocycles. The van der Waals surface area contributed by atoms with Crippen LogP contribution in [0.1, 0.15) is 36.0 Å². The van der Waals surface area contributed by atoms with Crippen molar-refractivity contribution in [3.63, 3.8) is 0 Å². The summed E-state index contributed by atoms with van der Waals surface area (Å²) >= 11 is 0. The van der Waals surface area contributed by atoms with E-state index in [-0.39, 0.29) is 17.9 Å². The zero-order valence-electron chi connectivity index (χ0n) is 14.4. The number of nitrogens with one attached hydrogen (secondary N) is 1. The van der Waals surface area contributed by atoms with Crippen LogP contribution >= 0.6 is 0 Å². The van der Waals surface area contributed by atoms with E-state index in [4.69, 9.17) is 9.84 Å². The predicted molar refractivity (Wildman–Crippen MR) is 94.0 cm³/mol. The minimum atomic E-state index is -0.739. The molecule has 0 spiro atoms. The summed E-state index contributed by atoms with van der Waals surface area (Å²) in [5.74, 6) is -0.408. The van der Waals surface area contributed by atoms with E-state index in [1.54, 1.807) is 18.6 Å². The fourth-order valence-electron chi connectivity index (χ4n) is 3.73. The number of hydrogen-bond donors (Lipinski definition) is 2. The summed E-state index contributed by atoms with van der Waals surface area (Å²) in [4.78, 5) is 27.9. The Balaban J connectivity index is 1.50. The largest absolute Gasteiger partial charge is 0.491 e. The second-order valence-corrected chi connectivity index (χ2v) is 6.89. The first-order valence-corrected chi connectivity index (χ1v) is 8.93. The van der Waals surface area contributed by atoms with Gasteiger partial charge in [-0.15, -0.1) is 0 Å². The van der Waals surface area contributed by atoms with Gasteiger partial charge in [0.1, 0.15) is 12.4 Å². The van der Waals surface area contributed by atoms with Crippen LogP contribution < -0.4 is 10.1 Å². The number of carbonyl (C=O) groups excluding carboxylic acids is 1. The molecule has 7 heteroatoms. The number of carboxylic acid groups (broad SMARTS) is 1. The zero-order valence-corrected chi connectivity index (χ0v) is 14.4. The number of aliphatic carboxylic acids is 1.